The van der Waals surface area contributed by atoms with Gasteiger partial charge in [0.1, 0.15) is 16.2 Å². The fourth-order valence-electron chi connectivity index (χ4n) is 3.95. The topological polar surface area (TPSA) is 108 Å². The Morgan fingerprint density at radius 3 is 2.70 bits per heavy atom. The molecule has 1 unspecified atom stereocenters. The highest BCUT2D eigenvalue weighted by molar-refractivity contribution is 8.00. The van der Waals surface area contributed by atoms with E-state index < -0.39 is 5.56 Å². The standard InChI is InChI=1S/C23H35N5O4S/c1-4-6-7-8-11-17-25-20-19(22(30)27(3)23(31)28(20)12-5-2)21(26-17)33-15-18(29)24-14-16-10-9-13-32-16/h16H,4-15H2,1-3H3,(H,24,29). The molecule has 1 amide bonds. The number of ether oxygens (including phenoxy) is 1. The van der Waals surface area contributed by atoms with Crippen molar-refractivity contribution in [3.8, 4) is 0 Å². The van der Waals surface area contributed by atoms with E-state index in [2.05, 4.69) is 22.2 Å². The Balaban J connectivity index is 1.90. The quantitative estimate of drug-likeness (QED) is 0.284. The summed E-state index contributed by atoms with van der Waals surface area (Å²) >= 11 is 1.22. The van der Waals surface area contributed by atoms with Crippen molar-refractivity contribution in [1.29, 1.82) is 0 Å². The molecule has 0 saturated carbocycles. The van der Waals surface area contributed by atoms with Gasteiger partial charge in [0.25, 0.3) is 5.56 Å². The van der Waals surface area contributed by atoms with Crippen LogP contribution in [-0.2, 0) is 29.5 Å². The number of aryl methyl sites for hydroxylation is 2. The molecule has 3 heterocycles. The first-order chi connectivity index (χ1) is 16.0. The van der Waals surface area contributed by atoms with Gasteiger partial charge in [-0.1, -0.05) is 44.9 Å². The Bertz CT molecular complexity index is 1080. The molecule has 0 bridgehead atoms. The third-order valence-electron chi connectivity index (χ3n) is 5.79. The number of carbonyl (C=O) groups excluding carboxylic acids is 1. The summed E-state index contributed by atoms with van der Waals surface area (Å²) in [5.41, 5.74) is -0.440. The maximum absolute atomic E-state index is 13.0. The van der Waals surface area contributed by atoms with Crippen LogP contribution in [-0.4, -0.2) is 50.0 Å². The lowest BCUT2D eigenvalue weighted by Crippen LogP contribution is -2.39. The molecule has 0 radical (unpaired) electrons. The van der Waals surface area contributed by atoms with E-state index in [4.69, 9.17) is 4.74 Å². The van der Waals surface area contributed by atoms with Gasteiger partial charge in [0, 0.05) is 33.2 Å². The number of aromatic nitrogens is 4. The van der Waals surface area contributed by atoms with Gasteiger partial charge in [0.2, 0.25) is 5.91 Å². The minimum absolute atomic E-state index is 0.0734. The Hall–Kier alpha value is -2.20. The van der Waals surface area contributed by atoms with Gasteiger partial charge in [0.05, 0.1) is 11.9 Å². The summed E-state index contributed by atoms with van der Waals surface area (Å²) in [5, 5.41) is 3.67. The molecular weight excluding hydrogens is 442 g/mol. The number of carbonyl (C=O) groups is 1. The van der Waals surface area contributed by atoms with E-state index in [1.165, 1.54) is 18.8 Å². The molecule has 33 heavy (non-hydrogen) atoms. The average molecular weight is 478 g/mol. The molecule has 0 aliphatic carbocycles. The van der Waals surface area contributed by atoms with Gasteiger partial charge in [-0.05, 0) is 25.7 Å². The Morgan fingerprint density at radius 2 is 2.00 bits per heavy atom. The van der Waals surface area contributed by atoms with Gasteiger partial charge in [0.15, 0.2) is 5.65 Å². The number of hydrogen-bond acceptors (Lipinski definition) is 7. The Morgan fingerprint density at radius 1 is 1.18 bits per heavy atom. The molecule has 1 atom stereocenters. The predicted octanol–water partition coefficient (Wildman–Crippen LogP) is 2.41. The number of amides is 1. The van der Waals surface area contributed by atoms with Crippen LogP contribution in [0.2, 0.25) is 0 Å². The monoisotopic (exact) mass is 477 g/mol. The Labute approximate surface area is 198 Å². The molecule has 3 rings (SSSR count). The summed E-state index contributed by atoms with van der Waals surface area (Å²) in [6.07, 6.45) is 7.74. The maximum Gasteiger partial charge on any atom is 0.332 e. The van der Waals surface area contributed by atoms with Crippen LogP contribution in [0.15, 0.2) is 14.6 Å². The minimum Gasteiger partial charge on any atom is -0.376 e. The molecule has 1 N–H and O–H groups in total. The second-order valence-electron chi connectivity index (χ2n) is 8.48. The zero-order chi connectivity index (χ0) is 23.8. The molecule has 2 aromatic rings. The molecule has 182 valence electrons. The first-order valence-corrected chi connectivity index (χ1v) is 13.0. The molecule has 10 heteroatoms. The van der Waals surface area contributed by atoms with Crippen LogP contribution in [0.5, 0.6) is 0 Å². The van der Waals surface area contributed by atoms with Gasteiger partial charge in [-0.3, -0.25) is 18.7 Å². The molecule has 1 aliphatic heterocycles. The lowest BCUT2D eigenvalue weighted by Gasteiger charge is -2.14. The van der Waals surface area contributed by atoms with Gasteiger partial charge in [-0.15, -0.1) is 0 Å². The van der Waals surface area contributed by atoms with Crippen LogP contribution >= 0.6 is 11.8 Å². The number of unbranched alkanes of at least 4 members (excludes halogenated alkanes) is 3. The Kier molecular flexibility index (Phi) is 9.49. The summed E-state index contributed by atoms with van der Waals surface area (Å²) in [6.45, 7) is 5.83. The molecule has 1 aliphatic rings. The number of rotatable bonds is 12. The fourth-order valence-corrected chi connectivity index (χ4v) is 4.81. The third kappa shape index (κ3) is 6.44. The lowest BCUT2D eigenvalue weighted by atomic mass is 10.1. The van der Waals surface area contributed by atoms with Gasteiger partial charge in [-0.25, -0.2) is 14.8 Å². The van der Waals surface area contributed by atoms with Crippen molar-refractivity contribution in [2.45, 2.75) is 82.9 Å². The molecule has 9 nitrogen and oxygen atoms in total. The van der Waals surface area contributed by atoms with Crippen LogP contribution in [0.25, 0.3) is 11.0 Å². The van der Waals surface area contributed by atoms with Crippen molar-refractivity contribution in [1.82, 2.24) is 24.4 Å². The zero-order valence-electron chi connectivity index (χ0n) is 19.9. The highest BCUT2D eigenvalue weighted by Gasteiger charge is 2.20. The first kappa shape index (κ1) is 25.4. The second-order valence-corrected chi connectivity index (χ2v) is 9.44. The van der Waals surface area contributed by atoms with Crippen molar-refractivity contribution in [2.24, 2.45) is 7.05 Å². The fraction of sp³-hybridized carbons (Fsp3) is 0.696. The molecule has 0 aromatic carbocycles. The van der Waals surface area contributed by atoms with Gasteiger partial charge in [-0.2, -0.15) is 0 Å². The number of hydrogen-bond donors (Lipinski definition) is 1. The number of thioether (sulfide) groups is 1. The largest absolute Gasteiger partial charge is 0.376 e. The first-order valence-electron chi connectivity index (χ1n) is 12.0. The predicted molar refractivity (Wildman–Crippen MR) is 130 cm³/mol. The second kappa shape index (κ2) is 12.3. The minimum atomic E-state index is -0.429. The van der Waals surface area contributed by atoms with E-state index in [-0.39, 0.29) is 23.5 Å². The molecule has 2 aromatic heterocycles. The van der Waals surface area contributed by atoms with E-state index in [0.717, 1.165) is 56.1 Å². The zero-order valence-corrected chi connectivity index (χ0v) is 20.7. The molecule has 1 saturated heterocycles. The summed E-state index contributed by atoms with van der Waals surface area (Å²) in [5.74, 6) is 0.605. The van der Waals surface area contributed by atoms with Crippen LogP contribution in [0.3, 0.4) is 0 Å². The third-order valence-corrected chi connectivity index (χ3v) is 6.76. The maximum atomic E-state index is 13.0. The van der Waals surface area contributed by atoms with Crippen LogP contribution in [0.1, 0.15) is 64.6 Å². The van der Waals surface area contributed by atoms with Gasteiger partial charge >= 0.3 is 5.69 Å². The van der Waals surface area contributed by atoms with E-state index in [0.29, 0.717) is 41.4 Å². The van der Waals surface area contributed by atoms with Crippen molar-refractivity contribution >= 4 is 28.7 Å². The summed E-state index contributed by atoms with van der Waals surface area (Å²) in [7, 11) is 1.47. The highest BCUT2D eigenvalue weighted by Crippen LogP contribution is 2.23. The summed E-state index contributed by atoms with van der Waals surface area (Å²) in [6, 6.07) is 0. The SMILES string of the molecule is CCCCCCc1nc(SCC(=O)NCC2CCCO2)c2c(=O)n(C)c(=O)n(CCC)c2n1. The van der Waals surface area contributed by atoms with E-state index in [9.17, 15) is 14.4 Å². The van der Waals surface area contributed by atoms with Crippen molar-refractivity contribution in [3.63, 3.8) is 0 Å². The summed E-state index contributed by atoms with van der Waals surface area (Å²) in [4.78, 5) is 47.5. The molecule has 1 fully saturated rings. The van der Waals surface area contributed by atoms with Gasteiger partial charge < -0.3 is 10.1 Å². The normalized spacial score (nSPS) is 15.9. The van der Waals surface area contributed by atoms with Crippen LogP contribution < -0.4 is 16.6 Å². The highest BCUT2D eigenvalue weighted by atomic mass is 32.2. The summed E-state index contributed by atoms with van der Waals surface area (Å²) < 4.78 is 8.20. The van der Waals surface area contributed by atoms with Crippen LogP contribution in [0.4, 0.5) is 0 Å². The molecule has 0 spiro atoms. The number of fused-ring (bicyclic) bond motifs is 1. The van der Waals surface area contributed by atoms with E-state index >= 15 is 0 Å². The van der Waals surface area contributed by atoms with E-state index in [1.54, 1.807) is 4.57 Å². The van der Waals surface area contributed by atoms with Crippen molar-refractivity contribution in [2.75, 3.05) is 18.9 Å². The van der Waals surface area contributed by atoms with Crippen LogP contribution in [0, 0.1) is 0 Å². The number of nitrogens with one attached hydrogen (secondary N) is 1. The molecular formula is C23H35N5O4S. The van der Waals surface area contributed by atoms with E-state index in [1.807, 2.05) is 6.92 Å². The van der Waals surface area contributed by atoms with Crippen molar-refractivity contribution < 1.29 is 9.53 Å². The van der Waals surface area contributed by atoms with Crippen molar-refractivity contribution in [3.05, 3.63) is 26.7 Å². The number of nitrogens with zero attached hydrogens (tertiary/aromatic N) is 4. The lowest BCUT2D eigenvalue weighted by molar-refractivity contribution is -0.119. The average Bonchev–Trinajstić information content (AvgIpc) is 3.34. The smallest absolute Gasteiger partial charge is 0.332 e.